The van der Waals surface area contributed by atoms with Gasteiger partial charge in [0.05, 0.1) is 18.7 Å². The summed E-state index contributed by atoms with van der Waals surface area (Å²) < 4.78 is 0. The molecular formula is C34H60N12O10. The summed E-state index contributed by atoms with van der Waals surface area (Å²) in [6.45, 7) is 6.73. The zero-order valence-corrected chi connectivity index (χ0v) is 32.7. The van der Waals surface area contributed by atoms with E-state index < -0.39 is 96.3 Å². The summed E-state index contributed by atoms with van der Waals surface area (Å²) in [5, 5.41) is 27.6. The number of amides is 8. The highest BCUT2D eigenvalue weighted by Gasteiger charge is 2.38. The van der Waals surface area contributed by atoms with Gasteiger partial charge in [0.2, 0.25) is 47.3 Å². The van der Waals surface area contributed by atoms with E-state index in [-0.39, 0.29) is 50.8 Å². The number of nitrogens with one attached hydrogen (secondary N) is 7. The zero-order valence-electron chi connectivity index (χ0n) is 32.7. The van der Waals surface area contributed by atoms with Gasteiger partial charge < -0.3 is 69.2 Å². The number of aldehydes is 1. The Hall–Kier alpha value is -5.38. The standard InChI is InChI=1S/C34H60N12O10/c1-18(16-47)40-32(55)26-12-9-15-46(26)33(56)21(4)42-31(54)25(17-48)45-30(53)23(10-6-7-13-38-22(5)49)44-29(52)24(11-8-14-39-34(36)37)43-28(51)20(3)41-27(50)19(2)35/h16,18-21,23-26,48H,6-15,17,35H2,1-5H3,(H,38,49)(H,40,55)(H,41,50)(H,42,54)(H,43,51)(H,44,52)(H,45,53)(H4,36,37,39)/t18-,19-,20-,21-,23-,24-,25-,26-/m0/s1. The van der Waals surface area contributed by atoms with Crippen LogP contribution in [0.5, 0.6) is 0 Å². The maximum atomic E-state index is 13.7. The van der Waals surface area contributed by atoms with Crippen molar-refractivity contribution >= 4 is 59.5 Å². The number of rotatable bonds is 24. The second-order valence-electron chi connectivity index (χ2n) is 13.7. The van der Waals surface area contributed by atoms with E-state index in [0.29, 0.717) is 32.0 Å². The average Bonchev–Trinajstić information content (AvgIpc) is 3.63. The molecule has 0 unspecified atom stereocenters. The Kier molecular flexibility index (Phi) is 21.6. The first kappa shape index (κ1) is 48.6. The van der Waals surface area contributed by atoms with Gasteiger partial charge in [0.15, 0.2) is 5.96 Å². The third-order valence-electron chi connectivity index (χ3n) is 8.63. The van der Waals surface area contributed by atoms with Crippen molar-refractivity contribution in [2.45, 2.75) is 128 Å². The Morgan fingerprint density at radius 3 is 1.88 bits per heavy atom. The normalized spacial score (nSPS) is 17.3. The summed E-state index contributed by atoms with van der Waals surface area (Å²) in [4.78, 5) is 119. The van der Waals surface area contributed by atoms with Crippen LogP contribution in [0.1, 0.15) is 79.6 Å². The summed E-state index contributed by atoms with van der Waals surface area (Å²) in [7, 11) is 0. The van der Waals surface area contributed by atoms with Gasteiger partial charge in [-0.25, -0.2) is 0 Å². The highest BCUT2D eigenvalue weighted by atomic mass is 16.3. The number of hydrogen-bond donors (Lipinski definition) is 11. The fraction of sp³-hybridized carbons (Fsp3) is 0.706. The number of likely N-dealkylation sites (tertiary alicyclic amines) is 1. The maximum Gasteiger partial charge on any atom is 0.245 e. The third-order valence-corrected chi connectivity index (χ3v) is 8.63. The van der Waals surface area contributed by atoms with Crippen molar-refractivity contribution in [3.63, 3.8) is 0 Å². The third kappa shape index (κ3) is 17.4. The van der Waals surface area contributed by atoms with Crippen molar-refractivity contribution in [1.29, 1.82) is 0 Å². The number of carbonyl (C=O) groups is 9. The number of hydrogen-bond acceptors (Lipinski definition) is 12. The van der Waals surface area contributed by atoms with Gasteiger partial charge in [-0.1, -0.05) is 0 Å². The molecule has 1 saturated heterocycles. The van der Waals surface area contributed by atoms with Crippen molar-refractivity contribution in [1.82, 2.24) is 42.1 Å². The molecule has 8 atom stereocenters. The van der Waals surface area contributed by atoms with Gasteiger partial charge in [-0.3, -0.25) is 43.3 Å². The number of aliphatic imine (C=N–C) groups is 1. The van der Waals surface area contributed by atoms with Gasteiger partial charge in [0, 0.05) is 26.6 Å². The van der Waals surface area contributed by atoms with Gasteiger partial charge in [-0.2, -0.15) is 0 Å². The van der Waals surface area contributed by atoms with Crippen LogP contribution in [0.15, 0.2) is 4.99 Å². The first-order valence-corrected chi connectivity index (χ1v) is 18.6. The lowest BCUT2D eigenvalue weighted by atomic mass is 10.1. The highest BCUT2D eigenvalue weighted by Crippen LogP contribution is 2.19. The first-order chi connectivity index (χ1) is 26.3. The second-order valence-corrected chi connectivity index (χ2v) is 13.7. The van der Waals surface area contributed by atoms with E-state index in [1.54, 1.807) is 0 Å². The topological polar surface area (TPSA) is 352 Å². The molecule has 1 fully saturated rings. The van der Waals surface area contributed by atoms with E-state index >= 15 is 0 Å². The van der Waals surface area contributed by atoms with Crippen LogP contribution >= 0.6 is 0 Å². The zero-order chi connectivity index (χ0) is 42.5. The SMILES string of the molecule is CC(=O)NCCCC[C@H](NC(=O)[C@H](CCCN=C(N)N)NC(=O)[C@H](C)NC(=O)[C@H](C)N)C(=O)N[C@@H](CO)C(=O)N[C@@H](C)C(=O)N1CCC[C@H]1C(=O)N[C@@H](C)C=O. The molecule has 22 nitrogen and oxygen atoms in total. The van der Waals surface area contributed by atoms with Crippen molar-refractivity contribution in [2.24, 2.45) is 22.2 Å². The highest BCUT2D eigenvalue weighted by molar-refractivity contribution is 5.97. The molecule has 0 spiro atoms. The number of nitrogens with two attached hydrogens (primary N) is 3. The number of aliphatic hydroxyl groups excluding tert-OH is 1. The van der Waals surface area contributed by atoms with Crippen molar-refractivity contribution in [2.75, 3.05) is 26.2 Å². The second kappa shape index (κ2) is 24.9. The van der Waals surface area contributed by atoms with Gasteiger partial charge in [-0.05, 0) is 72.6 Å². The van der Waals surface area contributed by atoms with Crippen molar-refractivity contribution in [3.05, 3.63) is 0 Å². The van der Waals surface area contributed by atoms with E-state index in [9.17, 15) is 48.3 Å². The Balaban J connectivity index is 3.16. The monoisotopic (exact) mass is 796 g/mol. The molecule has 8 amide bonds. The average molecular weight is 797 g/mol. The van der Waals surface area contributed by atoms with Crippen LogP contribution in [-0.2, 0) is 43.2 Å². The molecule has 0 aromatic heterocycles. The molecule has 22 heteroatoms. The summed E-state index contributed by atoms with van der Waals surface area (Å²) in [6, 6.07) is -8.94. The van der Waals surface area contributed by atoms with Gasteiger partial charge >= 0.3 is 0 Å². The van der Waals surface area contributed by atoms with E-state index in [0.717, 1.165) is 0 Å². The molecule has 0 aliphatic carbocycles. The lowest BCUT2D eigenvalue weighted by Crippen LogP contribution is -2.60. The van der Waals surface area contributed by atoms with Gasteiger partial charge in [-0.15, -0.1) is 0 Å². The van der Waals surface area contributed by atoms with Crippen LogP contribution in [0.4, 0.5) is 0 Å². The molecule has 0 bridgehead atoms. The smallest absolute Gasteiger partial charge is 0.245 e. The fourth-order valence-electron chi connectivity index (χ4n) is 5.51. The predicted octanol–water partition coefficient (Wildman–Crippen LogP) is -5.16. The number of nitrogens with zero attached hydrogens (tertiary/aromatic N) is 2. The van der Waals surface area contributed by atoms with Gasteiger partial charge in [0.1, 0.15) is 42.5 Å². The number of carbonyl (C=O) groups excluding carboxylic acids is 9. The molecule has 1 aliphatic heterocycles. The minimum absolute atomic E-state index is 0.00240. The number of unbranched alkanes of at least 4 members (excludes halogenated alkanes) is 1. The van der Waals surface area contributed by atoms with E-state index in [2.05, 4.69) is 42.2 Å². The molecule has 56 heavy (non-hydrogen) atoms. The molecule has 1 rings (SSSR count). The molecule has 0 aromatic rings. The molecule has 0 radical (unpaired) electrons. The minimum Gasteiger partial charge on any atom is -0.394 e. The van der Waals surface area contributed by atoms with Crippen LogP contribution in [0.25, 0.3) is 0 Å². The van der Waals surface area contributed by atoms with E-state index in [1.807, 2.05) is 0 Å². The molecule has 14 N–H and O–H groups in total. The van der Waals surface area contributed by atoms with Gasteiger partial charge in [0.25, 0.3) is 0 Å². The Bertz CT molecular complexity index is 1420. The molecule has 0 aromatic carbocycles. The van der Waals surface area contributed by atoms with Crippen LogP contribution in [0.3, 0.4) is 0 Å². The summed E-state index contributed by atoms with van der Waals surface area (Å²) in [6.07, 6.45) is 2.34. The number of aliphatic hydroxyl groups is 1. The summed E-state index contributed by atoms with van der Waals surface area (Å²) in [5.74, 6) is -5.51. The van der Waals surface area contributed by atoms with Crippen LogP contribution in [0.2, 0.25) is 0 Å². The Morgan fingerprint density at radius 1 is 0.768 bits per heavy atom. The van der Waals surface area contributed by atoms with Crippen LogP contribution in [0, 0.1) is 0 Å². The van der Waals surface area contributed by atoms with E-state index in [1.165, 1.54) is 39.5 Å². The first-order valence-electron chi connectivity index (χ1n) is 18.6. The molecule has 0 saturated carbocycles. The van der Waals surface area contributed by atoms with Crippen LogP contribution in [-0.4, -0.2) is 144 Å². The lowest BCUT2D eigenvalue weighted by molar-refractivity contribution is -0.142. The molecule has 316 valence electrons. The Labute approximate surface area is 326 Å². The minimum atomic E-state index is -1.58. The summed E-state index contributed by atoms with van der Waals surface area (Å²) >= 11 is 0. The van der Waals surface area contributed by atoms with Crippen molar-refractivity contribution in [3.8, 4) is 0 Å². The number of guanidine groups is 1. The lowest BCUT2D eigenvalue weighted by Gasteiger charge is -2.29. The summed E-state index contributed by atoms with van der Waals surface area (Å²) in [5.41, 5.74) is 16.4. The molecule has 1 aliphatic rings. The fourth-order valence-corrected chi connectivity index (χ4v) is 5.51. The Morgan fingerprint density at radius 2 is 1.32 bits per heavy atom. The van der Waals surface area contributed by atoms with Crippen LogP contribution < -0.4 is 54.4 Å². The molecular weight excluding hydrogens is 736 g/mol. The maximum absolute atomic E-state index is 13.7. The van der Waals surface area contributed by atoms with Crippen molar-refractivity contribution < 1.29 is 48.3 Å². The predicted molar refractivity (Wildman–Crippen MR) is 203 cm³/mol. The molecule has 1 heterocycles. The van der Waals surface area contributed by atoms with E-state index in [4.69, 9.17) is 17.2 Å². The quantitative estimate of drug-likeness (QED) is 0.0189. The largest absolute Gasteiger partial charge is 0.394 e.